The third-order valence-corrected chi connectivity index (χ3v) is 3.14. The van der Waals surface area contributed by atoms with Crippen molar-refractivity contribution in [2.45, 2.75) is 53.5 Å². The zero-order valence-electron chi connectivity index (χ0n) is 10.2. The number of rotatable bonds is 0. The molecule has 0 aromatic heterocycles. The fraction of sp³-hybridized carbons (Fsp3) is 0.917. The first-order valence-electron chi connectivity index (χ1n) is 5.68. The Kier molecular flexibility index (Phi) is 3.23. The van der Waals surface area contributed by atoms with Gasteiger partial charge in [-0.2, -0.15) is 0 Å². The molecule has 1 heterocycles. The molecule has 14 heavy (non-hydrogen) atoms. The van der Waals surface area contributed by atoms with Gasteiger partial charge in [-0.25, -0.2) is 0 Å². The van der Waals surface area contributed by atoms with Crippen LogP contribution in [0.2, 0.25) is 0 Å². The minimum atomic E-state index is -0.00512. The zero-order valence-corrected chi connectivity index (χ0v) is 10.2. The lowest BCUT2D eigenvalue weighted by Gasteiger charge is -2.42. The van der Waals surface area contributed by atoms with E-state index >= 15 is 0 Å². The molecule has 1 rings (SSSR count). The highest BCUT2D eigenvalue weighted by atomic mass is 15.2. The van der Waals surface area contributed by atoms with E-state index < -0.39 is 0 Å². The minimum Gasteiger partial charge on any atom is -0.357 e. The van der Waals surface area contributed by atoms with Crippen molar-refractivity contribution in [3.8, 4) is 0 Å². The second-order valence-corrected chi connectivity index (χ2v) is 5.77. The van der Waals surface area contributed by atoms with Gasteiger partial charge < -0.3 is 4.90 Å². The number of likely N-dealkylation sites (tertiary alicyclic amines) is 1. The summed E-state index contributed by atoms with van der Waals surface area (Å²) >= 11 is 0. The summed E-state index contributed by atoms with van der Waals surface area (Å²) in [5.41, 5.74) is -0.00512. The Morgan fingerprint density at radius 1 is 1.29 bits per heavy atom. The van der Waals surface area contributed by atoms with Crippen LogP contribution in [0.15, 0.2) is 0 Å². The van der Waals surface area contributed by atoms with Crippen LogP contribution in [-0.2, 0) is 0 Å². The molecule has 82 valence electrons. The third kappa shape index (κ3) is 2.49. The second kappa shape index (κ2) is 3.92. The molecule has 2 heteroatoms. The van der Waals surface area contributed by atoms with Gasteiger partial charge >= 0.3 is 0 Å². The molecule has 0 aromatic carbocycles. The van der Waals surface area contributed by atoms with Gasteiger partial charge in [-0.1, -0.05) is 27.7 Å². The van der Waals surface area contributed by atoms with E-state index in [2.05, 4.69) is 39.5 Å². The first kappa shape index (κ1) is 11.5. The van der Waals surface area contributed by atoms with Crippen molar-refractivity contribution in [2.24, 2.45) is 11.3 Å². The van der Waals surface area contributed by atoms with Crippen molar-refractivity contribution in [1.82, 2.24) is 4.90 Å². The SMILES string of the molecule is CC1CCN(C(=N)C(C)(C)C)C(C)C1. The predicted molar refractivity (Wildman–Crippen MR) is 61.7 cm³/mol. The maximum absolute atomic E-state index is 8.16. The van der Waals surface area contributed by atoms with Crippen LogP contribution in [0.5, 0.6) is 0 Å². The quantitative estimate of drug-likeness (QED) is 0.468. The molecule has 1 aliphatic heterocycles. The largest absolute Gasteiger partial charge is 0.357 e. The van der Waals surface area contributed by atoms with Gasteiger partial charge in [-0.15, -0.1) is 0 Å². The molecule has 2 atom stereocenters. The predicted octanol–water partition coefficient (Wildman–Crippen LogP) is 3.13. The summed E-state index contributed by atoms with van der Waals surface area (Å²) in [6.07, 6.45) is 2.47. The van der Waals surface area contributed by atoms with E-state index in [1.54, 1.807) is 0 Å². The van der Waals surface area contributed by atoms with Crippen molar-refractivity contribution < 1.29 is 0 Å². The molecule has 0 amide bonds. The van der Waals surface area contributed by atoms with Gasteiger partial charge in [0.15, 0.2) is 0 Å². The van der Waals surface area contributed by atoms with Crippen molar-refractivity contribution in [2.75, 3.05) is 6.54 Å². The molecule has 1 saturated heterocycles. The van der Waals surface area contributed by atoms with E-state index in [0.29, 0.717) is 6.04 Å². The van der Waals surface area contributed by atoms with Gasteiger partial charge in [0.1, 0.15) is 5.84 Å². The highest BCUT2D eigenvalue weighted by Crippen LogP contribution is 2.27. The number of amidine groups is 1. The molecule has 2 unspecified atom stereocenters. The molecule has 0 aliphatic carbocycles. The molecule has 1 aliphatic rings. The number of nitrogens with one attached hydrogen (secondary N) is 1. The van der Waals surface area contributed by atoms with Crippen LogP contribution in [0.3, 0.4) is 0 Å². The Bertz CT molecular complexity index is 215. The van der Waals surface area contributed by atoms with Crippen LogP contribution in [0.25, 0.3) is 0 Å². The maximum Gasteiger partial charge on any atom is 0.101 e. The molecule has 0 radical (unpaired) electrons. The lowest BCUT2D eigenvalue weighted by Crippen LogP contribution is -2.48. The van der Waals surface area contributed by atoms with E-state index in [1.807, 2.05) is 0 Å². The lowest BCUT2D eigenvalue weighted by molar-refractivity contribution is 0.194. The summed E-state index contributed by atoms with van der Waals surface area (Å²) < 4.78 is 0. The van der Waals surface area contributed by atoms with E-state index in [-0.39, 0.29) is 5.41 Å². The molecule has 0 spiro atoms. The van der Waals surface area contributed by atoms with Crippen molar-refractivity contribution in [1.29, 1.82) is 5.41 Å². The number of nitrogens with zero attached hydrogens (tertiary/aromatic N) is 1. The summed E-state index contributed by atoms with van der Waals surface area (Å²) in [5, 5.41) is 8.16. The smallest absolute Gasteiger partial charge is 0.101 e. The van der Waals surface area contributed by atoms with Crippen LogP contribution in [0.1, 0.15) is 47.5 Å². The van der Waals surface area contributed by atoms with Gasteiger partial charge in [0, 0.05) is 18.0 Å². The van der Waals surface area contributed by atoms with Crippen molar-refractivity contribution in [3.05, 3.63) is 0 Å². The van der Waals surface area contributed by atoms with Gasteiger partial charge in [-0.05, 0) is 25.7 Å². The molecular formula is C12H24N2. The molecule has 1 N–H and O–H groups in total. The number of piperidine rings is 1. The summed E-state index contributed by atoms with van der Waals surface area (Å²) in [7, 11) is 0. The topological polar surface area (TPSA) is 27.1 Å². The Labute approximate surface area is 88.2 Å². The van der Waals surface area contributed by atoms with Crippen molar-refractivity contribution >= 4 is 5.84 Å². The normalized spacial score (nSPS) is 29.1. The van der Waals surface area contributed by atoms with Crippen LogP contribution in [-0.4, -0.2) is 23.3 Å². The molecular weight excluding hydrogens is 172 g/mol. The second-order valence-electron chi connectivity index (χ2n) is 5.77. The fourth-order valence-electron chi connectivity index (χ4n) is 2.17. The minimum absolute atomic E-state index is 0.00512. The highest BCUT2D eigenvalue weighted by molar-refractivity contribution is 5.84. The van der Waals surface area contributed by atoms with Crippen LogP contribution in [0.4, 0.5) is 0 Å². The Balaban J connectivity index is 2.65. The van der Waals surface area contributed by atoms with Crippen LogP contribution < -0.4 is 0 Å². The molecule has 0 aromatic rings. The van der Waals surface area contributed by atoms with E-state index in [4.69, 9.17) is 5.41 Å². The van der Waals surface area contributed by atoms with Crippen molar-refractivity contribution in [3.63, 3.8) is 0 Å². The van der Waals surface area contributed by atoms with E-state index in [9.17, 15) is 0 Å². The standard InChI is InChI=1S/C12H24N2/c1-9-6-7-14(10(2)8-9)11(13)12(3,4)5/h9-10,13H,6-8H2,1-5H3. The maximum atomic E-state index is 8.16. The van der Waals surface area contributed by atoms with Gasteiger partial charge in [0.05, 0.1) is 0 Å². The Morgan fingerprint density at radius 2 is 1.86 bits per heavy atom. The number of hydrogen-bond donors (Lipinski definition) is 1. The highest BCUT2D eigenvalue weighted by Gasteiger charge is 2.30. The van der Waals surface area contributed by atoms with Crippen LogP contribution >= 0.6 is 0 Å². The Hall–Kier alpha value is -0.530. The molecule has 0 bridgehead atoms. The molecule has 2 nitrogen and oxygen atoms in total. The monoisotopic (exact) mass is 196 g/mol. The molecule has 0 saturated carbocycles. The summed E-state index contributed by atoms with van der Waals surface area (Å²) in [6, 6.07) is 0.547. The summed E-state index contributed by atoms with van der Waals surface area (Å²) in [4.78, 5) is 2.28. The van der Waals surface area contributed by atoms with Crippen LogP contribution in [0, 0.1) is 16.7 Å². The number of hydrogen-bond acceptors (Lipinski definition) is 1. The summed E-state index contributed by atoms with van der Waals surface area (Å²) in [6.45, 7) is 12.0. The van der Waals surface area contributed by atoms with Gasteiger partial charge in [0.25, 0.3) is 0 Å². The first-order chi connectivity index (χ1) is 6.32. The average Bonchev–Trinajstić information content (AvgIpc) is 2.01. The zero-order chi connectivity index (χ0) is 10.9. The first-order valence-corrected chi connectivity index (χ1v) is 5.68. The van der Waals surface area contributed by atoms with Gasteiger partial charge in [-0.3, -0.25) is 5.41 Å². The summed E-state index contributed by atoms with van der Waals surface area (Å²) in [5.74, 6) is 1.63. The average molecular weight is 196 g/mol. The molecule has 1 fully saturated rings. The fourth-order valence-corrected chi connectivity index (χ4v) is 2.17. The van der Waals surface area contributed by atoms with E-state index in [0.717, 1.165) is 18.3 Å². The van der Waals surface area contributed by atoms with Gasteiger partial charge in [0.2, 0.25) is 0 Å². The van der Waals surface area contributed by atoms with E-state index in [1.165, 1.54) is 12.8 Å². The lowest BCUT2D eigenvalue weighted by atomic mass is 9.88. The Morgan fingerprint density at radius 3 is 2.29 bits per heavy atom. The third-order valence-electron chi connectivity index (χ3n) is 3.14.